The third kappa shape index (κ3) is 6.05. The minimum absolute atomic E-state index is 0.0721. The van der Waals surface area contributed by atoms with Gasteiger partial charge in [0.05, 0.1) is 18.1 Å². The second-order valence-electron chi connectivity index (χ2n) is 8.76. The Morgan fingerprint density at radius 1 is 1.06 bits per heavy atom. The van der Waals surface area contributed by atoms with Gasteiger partial charge in [0.25, 0.3) is 0 Å². The molecular weight excluding hydrogens is 426 g/mol. The molecule has 0 aliphatic carbocycles. The van der Waals surface area contributed by atoms with Gasteiger partial charge in [-0.3, -0.25) is 9.59 Å². The van der Waals surface area contributed by atoms with Crippen molar-refractivity contribution in [2.45, 2.75) is 43.8 Å². The number of amides is 2. The summed E-state index contributed by atoms with van der Waals surface area (Å²) in [6, 6.07) is 13.2. The molecule has 0 radical (unpaired) electrons. The number of piperidine rings is 1. The summed E-state index contributed by atoms with van der Waals surface area (Å²) in [4.78, 5) is 26.6. The molecule has 7 heteroatoms. The summed E-state index contributed by atoms with van der Waals surface area (Å²) in [6.45, 7) is 1.75. The van der Waals surface area contributed by atoms with Crippen molar-refractivity contribution in [1.29, 1.82) is 0 Å². The number of ether oxygens (including phenoxy) is 1. The lowest BCUT2D eigenvalue weighted by molar-refractivity contribution is -0.137. The predicted octanol–water partition coefficient (Wildman–Crippen LogP) is 3.88. The molecule has 2 saturated heterocycles. The fraction of sp³-hybridized carbons (Fsp3) is 0.385. The Kier molecular flexibility index (Phi) is 7.18. The van der Waals surface area contributed by atoms with Gasteiger partial charge in [0.15, 0.2) is 11.6 Å². The quantitative estimate of drug-likeness (QED) is 0.674. The van der Waals surface area contributed by atoms with Crippen LogP contribution in [0.2, 0.25) is 0 Å². The molecule has 174 valence electrons. The predicted molar refractivity (Wildman–Crippen MR) is 121 cm³/mol. The first kappa shape index (κ1) is 23.1. The Hall–Kier alpha value is -3.06. The largest absolute Gasteiger partial charge is 0.370 e. The fourth-order valence-corrected chi connectivity index (χ4v) is 4.51. The first-order chi connectivity index (χ1) is 15.9. The van der Waals surface area contributed by atoms with Gasteiger partial charge in [0.2, 0.25) is 11.8 Å². The molecule has 1 atom stereocenters. The van der Waals surface area contributed by atoms with E-state index in [-0.39, 0.29) is 23.5 Å². The molecule has 0 aromatic heterocycles. The summed E-state index contributed by atoms with van der Waals surface area (Å²) in [7, 11) is 0. The number of likely N-dealkylation sites (tertiary alicyclic amines) is 1. The van der Waals surface area contributed by atoms with Gasteiger partial charge < -0.3 is 15.0 Å². The van der Waals surface area contributed by atoms with Crippen molar-refractivity contribution in [1.82, 2.24) is 10.2 Å². The molecule has 5 nitrogen and oxygen atoms in total. The third-order valence-electron chi connectivity index (χ3n) is 6.44. The summed E-state index contributed by atoms with van der Waals surface area (Å²) >= 11 is 0. The maximum absolute atomic E-state index is 13.2. The van der Waals surface area contributed by atoms with Crippen LogP contribution in [0.3, 0.4) is 0 Å². The van der Waals surface area contributed by atoms with E-state index in [2.05, 4.69) is 5.32 Å². The minimum atomic E-state index is -0.949. The van der Waals surface area contributed by atoms with E-state index in [1.807, 2.05) is 35.2 Å². The molecule has 1 spiro atoms. The van der Waals surface area contributed by atoms with Crippen molar-refractivity contribution in [3.8, 4) is 0 Å². The van der Waals surface area contributed by atoms with E-state index < -0.39 is 11.6 Å². The maximum Gasteiger partial charge on any atom is 0.244 e. The SMILES string of the molecule is O=C(C=Cc1ccc(F)c(F)c1)NCC1CCC2(CCN(C(=O)Cc3ccccc3)CC2)O1. The molecule has 2 aliphatic rings. The molecule has 1 unspecified atom stereocenters. The van der Waals surface area contributed by atoms with Gasteiger partial charge in [-0.15, -0.1) is 0 Å². The lowest BCUT2D eigenvalue weighted by Crippen LogP contribution is -2.47. The summed E-state index contributed by atoms with van der Waals surface area (Å²) in [6.07, 6.45) is 6.45. The first-order valence-corrected chi connectivity index (χ1v) is 11.3. The summed E-state index contributed by atoms with van der Waals surface area (Å²) in [5.74, 6) is -2.04. The Labute approximate surface area is 192 Å². The van der Waals surface area contributed by atoms with Crippen LogP contribution in [0.15, 0.2) is 54.6 Å². The number of carbonyl (C=O) groups excluding carboxylic acids is 2. The van der Waals surface area contributed by atoms with Crippen LogP contribution in [0.1, 0.15) is 36.8 Å². The van der Waals surface area contributed by atoms with E-state index in [9.17, 15) is 18.4 Å². The lowest BCUT2D eigenvalue weighted by atomic mass is 9.88. The number of rotatable bonds is 6. The van der Waals surface area contributed by atoms with E-state index in [4.69, 9.17) is 4.74 Å². The average molecular weight is 455 g/mol. The molecular formula is C26H28F2N2O3. The zero-order valence-corrected chi connectivity index (χ0v) is 18.4. The highest BCUT2D eigenvalue weighted by Crippen LogP contribution is 2.38. The third-order valence-corrected chi connectivity index (χ3v) is 6.44. The smallest absolute Gasteiger partial charge is 0.244 e. The minimum Gasteiger partial charge on any atom is -0.370 e. The number of hydrogen-bond donors (Lipinski definition) is 1. The fourth-order valence-electron chi connectivity index (χ4n) is 4.51. The average Bonchev–Trinajstić information content (AvgIpc) is 3.22. The molecule has 2 amide bonds. The van der Waals surface area contributed by atoms with Gasteiger partial charge >= 0.3 is 0 Å². The standard InChI is InChI=1S/C26H28F2N2O3/c27-22-8-6-20(16-23(22)28)7-9-24(31)29-18-21-10-11-26(33-21)12-14-30(15-13-26)25(32)17-19-4-2-1-3-5-19/h1-9,16,21H,10-15,17-18H2,(H,29,31). The molecule has 1 N–H and O–H groups in total. The topological polar surface area (TPSA) is 58.6 Å². The van der Waals surface area contributed by atoms with Crippen molar-refractivity contribution < 1.29 is 23.1 Å². The highest BCUT2D eigenvalue weighted by molar-refractivity contribution is 5.91. The van der Waals surface area contributed by atoms with E-state index in [0.717, 1.165) is 43.4 Å². The normalized spacial score (nSPS) is 19.8. The Morgan fingerprint density at radius 3 is 2.55 bits per heavy atom. The summed E-state index contributed by atoms with van der Waals surface area (Å²) in [5.41, 5.74) is 1.21. The van der Waals surface area contributed by atoms with Crippen molar-refractivity contribution in [2.24, 2.45) is 0 Å². The van der Waals surface area contributed by atoms with Crippen molar-refractivity contribution >= 4 is 17.9 Å². The summed E-state index contributed by atoms with van der Waals surface area (Å²) < 4.78 is 32.5. The van der Waals surface area contributed by atoms with Crippen LogP contribution in [0.4, 0.5) is 8.78 Å². The number of halogens is 2. The highest BCUT2D eigenvalue weighted by atomic mass is 19.2. The zero-order chi connectivity index (χ0) is 23.3. The maximum atomic E-state index is 13.2. The molecule has 2 heterocycles. The van der Waals surface area contributed by atoms with Crippen LogP contribution in [0.25, 0.3) is 6.08 Å². The zero-order valence-electron chi connectivity index (χ0n) is 18.4. The van der Waals surface area contributed by atoms with Crippen molar-refractivity contribution in [3.63, 3.8) is 0 Å². The van der Waals surface area contributed by atoms with E-state index in [1.165, 1.54) is 18.2 Å². The van der Waals surface area contributed by atoms with Gasteiger partial charge in [-0.05, 0) is 55.0 Å². The van der Waals surface area contributed by atoms with E-state index >= 15 is 0 Å². The molecule has 2 fully saturated rings. The van der Waals surface area contributed by atoms with Crippen LogP contribution in [0, 0.1) is 11.6 Å². The highest BCUT2D eigenvalue weighted by Gasteiger charge is 2.43. The Balaban J connectivity index is 1.20. The number of carbonyl (C=O) groups is 2. The molecule has 0 bridgehead atoms. The molecule has 2 aromatic rings. The number of benzene rings is 2. The van der Waals surface area contributed by atoms with Crippen molar-refractivity contribution in [3.05, 3.63) is 77.4 Å². The second kappa shape index (κ2) is 10.3. The molecule has 2 aliphatic heterocycles. The van der Waals surface area contributed by atoms with Crippen molar-refractivity contribution in [2.75, 3.05) is 19.6 Å². The van der Waals surface area contributed by atoms with E-state index in [0.29, 0.717) is 31.6 Å². The van der Waals surface area contributed by atoms with Gasteiger partial charge in [-0.25, -0.2) is 8.78 Å². The monoisotopic (exact) mass is 454 g/mol. The van der Waals surface area contributed by atoms with Gasteiger partial charge in [-0.1, -0.05) is 36.4 Å². The molecule has 33 heavy (non-hydrogen) atoms. The van der Waals surface area contributed by atoms with Crippen LogP contribution >= 0.6 is 0 Å². The van der Waals surface area contributed by atoms with Crippen LogP contribution in [-0.4, -0.2) is 48.1 Å². The second-order valence-corrected chi connectivity index (χ2v) is 8.76. The van der Waals surface area contributed by atoms with Gasteiger partial charge in [-0.2, -0.15) is 0 Å². The Bertz CT molecular complexity index is 1020. The Morgan fingerprint density at radius 2 is 1.82 bits per heavy atom. The lowest BCUT2D eigenvalue weighted by Gasteiger charge is -2.39. The van der Waals surface area contributed by atoms with Crippen LogP contribution in [-0.2, 0) is 20.7 Å². The molecule has 0 saturated carbocycles. The molecule has 2 aromatic carbocycles. The van der Waals surface area contributed by atoms with Gasteiger partial charge in [0.1, 0.15) is 0 Å². The van der Waals surface area contributed by atoms with Crippen LogP contribution in [0.5, 0.6) is 0 Å². The van der Waals surface area contributed by atoms with E-state index in [1.54, 1.807) is 0 Å². The first-order valence-electron chi connectivity index (χ1n) is 11.3. The number of nitrogens with one attached hydrogen (secondary N) is 1. The summed E-state index contributed by atoms with van der Waals surface area (Å²) in [5, 5.41) is 2.81. The molecule has 4 rings (SSSR count). The van der Waals surface area contributed by atoms with Gasteiger partial charge in [0, 0.05) is 25.7 Å². The number of nitrogens with zero attached hydrogens (tertiary/aromatic N) is 1. The van der Waals surface area contributed by atoms with Crippen LogP contribution < -0.4 is 5.32 Å². The number of hydrogen-bond acceptors (Lipinski definition) is 3.